The van der Waals surface area contributed by atoms with E-state index >= 15 is 0 Å². The quantitative estimate of drug-likeness (QED) is 0.531. The normalized spacial score (nSPS) is 12.3. The van der Waals surface area contributed by atoms with E-state index in [-0.39, 0.29) is 5.91 Å². The van der Waals surface area contributed by atoms with E-state index in [9.17, 15) is 4.79 Å². The summed E-state index contributed by atoms with van der Waals surface area (Å²) in [6.07, 6.45) is 5.35. The second kappa shape index (κ2) is 6.98. The second-order valence-electron chi connectivity index (χ2n) is 4.97. The van der Waals surface area contributed by atoms with Crippen molar-refractivity contribution in [3.05, 3.63) is 65.0 Å². The Morgan fingerprint density at radius 3 is 2.61 bits per heavy atom. The number of hydrogen-bond donors (Lipinski definition) is 0. The lowest BCUT2D eigenvalue weighted by Gasteiger charge is -1.96. The van der Waals surface area contributed by atoms with Gasteiger partial charge in [-0.25, -0.2) is 0 Å². The molecule has 5 heteroatoms. The molecule has 0 unspecified atom stereocenters. The molecule has 23 heavy (non-hydrogen) atoms. The van der Waals surface area contributed by atoms with Crippen molar-refractivity contribution in [3.8, 4) is 0 Å². The van der Waals surface area contributed by atoms with Crippen LogP contribution in [0, 0.1) is 0 Å². The first-order chi connectivity index (χ1) is 11.2. The molecule has 0 saturated carbocycles. The minimum Gasteiger partial charge on any atom is -0.319 e. The third kappa shape index (κ3) is 3.63. The zero-order chi connectivity index (χ0) is 16.2. The Morgan fingerprint density at radius 2 is 1.91 bits per heavy atom. The average molecular weight is 340 g/mol. The van der Waals surface area contributed by atoms with Crippen LogP contribution in [0.1, 0.15) is 5.56 Å². The van der Waals surface area contributed by atoms with Crippen molar-refractivity contribution in [2.75, 3.05) is 6.26 Å². The molecule has 0 aliphatic rings. The Morgan fingerprint density at radius 1 is 1.17 bits per heavy atom. The van der Waals surface area contributed by atoms with Crippen molar-refractivity contribution >= 4 is 45.3 Å². The van der Waals surface area contributed by atoms with Crippen LogP contribution in [0.2, 0.25) is 0 Å². The maximum absolute atomic E-state index is 12.1. The fraction of sp³-hybridized carbons (Fsp3) is 0.111. The topological polar surface area (TPSA) is 34.4 Å². The largest absolute Gasteiger partial charge is 0.319 e. The lowest BCUT2D eigenvalue weighted by Crippen LogP contribution is -2.12. The number of thiazole rings is 1. The molecular weight excluding hydrogens is 324 g/mol. The lowest BCUT2D eigenvalue weighted by molar-refractivity contribution is -0.113. The SMILES string of the molecule is CSc1ccc(/C=C/C(=O)N=c2sc3ccccc3n2C)cc1. The van der Waals surface area contributed by atoms with Crippen LogP contribution in [-0.2, 0) is 11.8 Å². The summed E-state index contributed by atoms with van der Waals surface area (Å²) >= 11 is 3.21. The van der Waals surface area contributed by atoms with Crippen molar-refractivity contribution in [3.63, 3.8) is 0 Å². The first kappa shape index (κ1) is 15.8. The summed E-state index contributed by atoms with van der Waals surface area (Å²) in [7, 11) is 1.93. The molecule has 0 spiro atoms. The van der Waals surface area contributed by atoms with Gasteiger partial charge in [-0.05, 0) is 42.2 Å². The van der Waals surface area contributed by atoms with Crippen molar-refractivity contribution in [1.29, 1.82) is 0 Å². The van der Waals surface area contributed by atoms with Crippen LogP contribution >= 0.6 is 23.1 Å². The number of carbonyl (C=O) groups excluding carboxylic acids is 1. The number of aromatic nitrogens is 1. The van der Waals surface area contributed by atoms with E-state index < -0.39 is 0 Å². The fourth-order valence-corrected chi connectivity index (χ4v) is 3.63. The number of aryl methyl sites for hydroxylation is 1. The van der Waals surface area contributed by atoms with Gasteiger partial charge in [0.05, 0.1) is 10.2 Å². The maximum atomic E-state index is 12.1. The molecule has 0 radical (unpaired) electrons. The van der Waals surface area contributed by atoms with Crippen LogP contribution in [0.25, 0.3) is 16.3 Å². The van der Waals surface area contributed by atoms with Crippen molar-refractivity contribution in [2.45, 2.75) is 4.90 Å². The number of nitrogens with zero attached hydrogens (tertiary/aromatic N) is 2. The van der Waals surface area contributed by atoms with Gasteiger partial charge in [-0.3, -0.25) is 4.79 Å². The van der Waals surface area contributed by atoms with E-state index in [1.54, 1.807) is 17.8 Å². The van der Waals surface area contributed by atoms with Crippen LogP contribution in [-0.4, -0.2) is 16.7 Å². The van der Waals surface area contributed by atoms with E-state index in [0.29, 0.717) is 4.80 Å². The molecule has 3 nitrogen and oxygen atoms in total. The van der Waals surface area contributed by atoms with Crippen LogP contribution < -0.4 is 4.80 Å². The summed E-state index contributed by atoms with van der Waals surface area (Å²) in [4.78, 5) is 18.2. The summed E-state index contributed by atoms with van der Waals surface area (Å²) < 4.78 is 3.07. The zero-order valence-electron chi connectivity index (χ0n) is 12.9. The highest BCUT2D eigenvalue weighted by Gasteiger charge is 2.02. The summed E-state index contributed by atoms with van der Waals surface area (Å²) in [5.74, 6) is -0.249. The van der Waals surface area contributed by atoms with Gasteiger partial charge in [-0.2, -0.15) is 4.99 Å². The molecular formula is C18H16N2OS2. The van der Waals surface area contributed by atoms with Crippen LogP contribution in [0.4, 0.5) is 0 Å². The second-order valence-corrected chi connectivity index (χ2v) is 6.86. The van der Waals surface area contributed by atoms with Gasteiger partial charge in [0.1, 0.15) is 0 Å². The van der Waals surface area contributed by atoms with E-state index in [4.69, 9.17) is 0 Å². The molecule has 3 aromatic rings. The van der Waals surface area contributed by atoms with Gasteiger partial charge in [-0.1, -0.05) is 35.6 Å². The molecule has 3 rings (SSSR count). The minimum absolute atomic E-state index is 0.249. The number of rotatable bonds is 3. The van der Waals surface area contributed by atoms with Crippen molar-refractivity contribution in [2.24, 2.45) is 12.0 Å². The zero-order valence-corrected chi connectivity index (χ0v) is 14.5. The lowest BCUT2D eigenvalue weighted by atomic mass is 10.2. The van der Waals surface area contributed by atoms with E-state index in [0.717, 1.165) is 15.8 Å². The Balaban J connectivity index is 1.84. The van der Waals surface area contributed by atoms with Crippen LogP contribution in [0.5, 0.6) is 0 Å². The maximum Gasteiger partial charge on any atom is 0.272 e. The Labute approximate surface area is 143 Å². The molecule has 116 valence electrons. The summed E-state index contributed by atoms with van der Waals surface area (Å²) in [6, 6.07) is 16.1. The fourth-order valence-electron chi connectivity index (χ4n) is 2.20. The minimum atomic E-state index is -0.249. The molecule has 0 aliphatic carbocycles. The van der Waals surface area contributed by atoms with Gasteiger partial charge in [0, 0.05) is 18.0 Å². The highest BCUT2D eigenvalue weighted by Crippen LogP contribution is 2.16. The Hall–Kier alpha value is -2.11. The monoisotopic (exact) mass is 340 g/mol. The predicted octanol–water partition coefficient (Wildman–Crippen LogP) is 4.10. The summed E-state index contributed by atoms with van der Waals surface area (Å²) in [6.45, 7) is 0. The molecule has 0 fully saturated rings. The van der Waals surface area contributed by atoms with E-state index in [1.807, 2.05) is 66.4 Å². The molecule has 1 amide bonds. The number of para-hydroxylation sites is 1. The Kier molecular flexibility index (Phi) is 4.79. The van der Waals surface area contributed by atoms with Crippen LogP contribution in [0.3, 0.4) is 0 Å². The highest BCUT2D eigenvalue weighted by atomic mass is 32.2. The molecule has 0 atom stereocenters. The van der Waals surface area contributed by atoms with Gasteiger partial charge in [-0.15, -0.1) is 11.8 Å². The van der Waals surface area contributed by atoms with Gasteiger partial charge in [0.15, 0.2) is 4.80 Å². The summed E-state index contributed by atoms with van der Waals surface area (Å²) in [5, 5.41) is 0. The first-order valence-electron chi connectivity index (χ1n) is 7.13. The van der Waals surface area contributed by atoms with E-state index in [2.05, 4.69) is 4.99 Å². The number of fused-ring (bicyclic) bond motifs is 1. The molecule has 1 aromatic heterocycles. The van der Waals surface area contributed by atoms with Gasteiger partial charge in [0.25, 0.3) is 5.91 Å². The van der Waals surface area contributed by atoms with E-state index in [1.165, 1.54) is 22.3 Å². The average Bonchev–Trinajstić information content (AvgIpc) is 2.90. The molecule has 0 saturated heterocycles. The number of carbonyl (C=O) groups is 1. The molecule has 2 aromatic carbocycles. The molecule has 0 aliphatic heterocycles. The third-order valence-electron chi connectivity index (χ3n) is 3.45. The first-order valence-corrected chi connectivity index (χ1v) is 9.17. The van der Waals surface area contributed by atoms with Crippen molar-refractivity contribution in [1.82, 2.24) is 4.57 Å². The Bertz CT molecular complexity index is 934. The van der Waals surface area contributed by atoms with Gasteiger partial charge in [0.2, 0.25) is 0 Å². The van der Waals surface area contributed by atoms with Gasteiger partial charge < -0.3 is 4.57 Å². The number of amides is 1. The highest BCUT2D eigenvalue weighted by molar-refractivity contribution is 7.98. The molecule has 0 bridgehead atoms. The number of benzene rings is 2. The summed E-state index contributed by atoms with van der Waals surface area (Å²) in [5.41, 5.74) is 2.08. The van der Waals surface area contributed by atoms with Crippen molar-refractivity contribution < 1.29 is 4.79 Å². The predicted molar refractivity (Wildman–Crippen MR) is 98.6 cm³/mol. The standard InChI is InChI=1S/C18H16N2OS2/c1-20-15-5-3-4-6-16(15)23-18(20)19-17(21)12-9-13-7-10-14(22-2)11-8-13/h3-12H,1-2H3/b12-9+,19-18?. The smallest absolute Gasteiger partial charge is 0.272 e. The third-order valence-corrected chi connectivity index (χ3v) is 5.31. The number of hydrogen-bond acceptors (Lipinski definition) is 3. The molecule has 0 N–H and O–H groups in total. The number of thioether (sulfide) groups is 1. The molecule has 1 heterocycles. The van der Waals surface area contributed by atoms with Gasteiger partial charge >= 0.3 is 0 Å². The van der Waals surface area contributed by atoms with Crippen LogP contribution in [0.15, 0.2) is 64.5 Å².